The summed E-state index contributed by atoms with van der Waals surface area (Å²) in [5, 5.41) is 18.9. The predicted octanol–water partition coefficient (Wildman–Crippen LogP) is 4.57. The van der Waals surface area contributed by atoms with Crippen molar-refractivity contribution in [2.45, 2.75) is 58.8 Å². The molecule has 0 saturated carbocycles. The molecule has 0 saturated heterocycles. The number of rotatable bonds is 8. The van der Waals surface area contributed by atoms with Crippen molar-refractivity contribution < 1.29 is 9.53 Å². The minimum absolute atomic E-state index is 0.0616. The second-order valence-electron chi connectivity index (χ2n) is 7.55. The molecule has 2 rings (SSSR count). The maximum absolute atomic E-state index is 12.2. The molecule has 0 spiro atoms. The number of ether oxygens (including phenoxy) is 1. The van der Waals surface area contributed by atoms with Crippen molar-refractivity contribution >= 4 is 11.7 Å². The van der Waals surface area contributed by atoms with Crippen LogP contribution in [-0.4, -0.2) is 22.7 Å². The third-order valence-corrected chi connectivity index (χ3v) is 5.20. The molecule has 1 aromatic heterocycles. The van der Waals surface area contributed by atoms with Gasteiger partial charge < -0.3 is 10.1 Å². The van der Waals surface area contributed by atoms with E-state index in [1.807, 2.05) is 12.1 Å². The second-order valence-corrected chi connectivity index (χ2v) is 7.55. The van der Waals surface area contributed by atoms with Crippen LogP contribution in [0.1, 0.15) is 70.2 Å². The summed E-state index contributed by atoms with van der Waals surface area (Å²) >= 11 is 0. The Labute approximate surface area is 166 Å². The van der Waals surface area contributed by atoms with Crippen LogP contribution in [0.25, 0.3) is 0 Å². The van der Waals surface area contributed by atoms with E-state index in [1.165, 1.54) is 17.7 Å². The Morgan fingerprint density at radius 3 is 2.57 bits per heavy atom. The number of carbonyl (C=O) groups is 1. The third-order valence-electron chi connectivity index (χ3n) is 5.20. The van der Waals surface area contributed by atoms with Crippen molar-refractivity contribution in [1.29, 1.82) is 5.26 Å². The third kappa shape index (κ3) is 5.29. The summed E-state index contributed by atoms with van der Waals surface area (Å²) in [6.45, 7) is 10.8. The molecular weight excluding hydrogens is 352 g/mol. The van der Waals surface area contributed by atoms with Crippen LogP contribution in [0.3, 0.4) is 0 Å². The number of aromatic nitrogens is 2. The number of anilines is 1. The van der Waals surface area contributed by atoms with Gasteiger partial charge >= 0.3 is 0 Å². The van der Waals surface area contributed by atoms with Crippen LogP contribution in [0.5, 0.6) is 5.75 Å². The molecule has 0 aliphatic heterocycles. The number of hydrogen-bond donors (Lipinski definition) is 1. The molecule has 1 N–H and O–H groups in total. The Bertz CT molecular complexity index is 854. The number of hydrogen-bond acceptors (Lipinski definition) is 5. The van der Waals surface area contributed by atoms with Gasteiger partial charge in [0.05, 0.1) is 0 Å². The molecule has 0 bridgehead atoms. The minimum atomic E-state index is -0.328. The molecule has 0 radical (unpaired) electrons. The molecule has 1 amide bonds. The summed E-state index contributed by atoms with van der Waals surface area (Å²) in [4.78, 5) is 12.2. The van der Waals surface area contributed by atoms with Crippen LogP contribution in [0.2, 0.25) is 0 Å². The van der Waals surface area contributed by atoms with E-state index in [0.717, 1.165) is 24.2 Å². The van der Waals surface area contributed by atoms with Gasteiger partial charge in [0.15, 0.2) is 18.1 Å². The van der Waals surface area contributed by atoms with Crippen molar-refractivity contribution in [3.05, 3.63) is 47.2 Å². The first-order valence-corrected chi connectivity index (χ1v) is 9.61. The number of nitriles is 1. The Morgan fingerprint density at radius 1 is 1.25 bits per heavy atom. The fraction of sp³-hybridized carbons (Fsp3) is 0.455. The van der Waals surface area contributed by atoms with E-state index in [-0.39, 0.29) is 29.4 Å². The van der Waals surface area contributed by atoms with E-state index in [0.29, 0.717) is 5.92 Å². The molecule has 0 fully saturated rings. The molecule has 2 aromatic rings. The summed E-state index contributed by atoms with van der Waals surface area (Å²) in [7, 11) is 0. The lowest BCUT2D eigenvalue weighted by atomic mass is 9.80. The van der Waals surface area contributed by atoms with Gasteiger partial charge in [-0.3, -0.25) is 4.79 Å². The van der Waals surface area contributed by atoms with Crippen LogP contribution in [0.15, 0.2) is 30.3 Å². The van der Waals surface area contributed by atoms with Gasteiger partial charge in [-0.2, -0.15) is 5.26 Å². The largest absolute Gasteiger partial charge is 0.483 e. The quantitative estimate of drug-likeness (QED) is 0.725. The average Bonchev–Trinajstić information content (AvgIpc) is 2.72. The molecule has 0 aliphatic rings. The zero-order chi connectivity index (χ0) is 20.7. The molecule has 1 aromatic carbocycles. The van der Waals surface area contributed by atoms with Gasteiger partial charge in [-0.05, 0) is 47.9 Å². The maximum Gasteiger partial charge on any atom is 0.263 e. The van der Waals surface area contributed by atoms with Crippen LogP contribution in [-0.2, 0) is 10.2 Å². The first-order chi connectivity index (χ1) is 13.3. The molecule has 1 atom stereocenters. The molecule has 1 unspecified atom stereocenters. The van der Waals surface area contributed by atoms with Gasteiger partial charge in [0.1, 0.15) is 11.8 Å². The Balaban J connectivity index is 2.13. The average molecular weight is 380 g/mol. The highest BCUT2D eigenvalue weighted by molar-refractivity contribution is 5.90. The lowest BCUT2D eigenvalue weighted by Gasteiger charge is -2.27. The van der Waals surface area contributed by atoms with Crippen LogP contribution < -0.4 is 10.1 Å². The highest BCUT2D eigenvalue weighted by atomic mass is 16.5. The van der Waals surface area contributed by atoms with Gasteiger partial charge in [0.2, 0.25) is 0 Å². The molecular formula is C22H28N4O2. The summed E-state index contributed by atoms with van der Waals surface area (Å²) in [5.41, 5.74) is 2.53. The molecule has 1 heterocycles. The van der Waals surface area contributed by atoms with Gasteiger partial charge in [0.25, 0.3) is 5.91 Å². The lowest BCUT2D eigenvalue weighted by molar-refractivity contribution is -0.118. The topological polar surface area (TPSA) is 87.9 Å². The zero-order valence-corrected chi connectivity index (χ0v) is 17.2. The summed E-state index contributed by atoms with van der Waals surface area (Å²) < 4.78 is 5.86. The van der Waals surface area contributed by atoms with Gasteiger partial charge in [-0.25, -0.2) is 0 Å². The van der Waals surface area contributed by atoms with Crippen molar-refractivity contribution in [2.75, 3.05) is 11.9 Å². The van der Waals surface area contributed by atoms with Crippen LogP contribution >= 0.6 is 0 Å². The van der Waals surface area contributed by atoms with E-state index < -0.39 is 0 Å². The minimum Gasteiger partial charge on any atom is -0.483 e. The lowest BCUT2D eigenvalue weighted by Crippen LogP contribution is -2.23. The van der Waals surface area contributed by atoms with Crippen LogP contribution in [0.4, 0.5) is 5.82 Å². The number of carbonyl (C=O) groups excluding carboxylic acids is 1. The van der Waals surface area contributed by atoms with Crippen molar-refractivity contribution in [3.63, 3.8) is 0 Å². The zero-order valence-electron chi connectivity index (χ0n) is 17.2. The highest BCUT2D eigenvalue weighted by Crippen LogP contribution is 2.36. The number of nitrogens with zero attached hydrogens (tertiary/aromatic N) is 3. The number of benzene rings is 1. The van der Waals surface area contributed by atoms with E-state index in [2.05, 4.69) is 62.3 Å². The van der Waals surface area contributed by atoms with E-state index in [4.69, 9.17) is 10.00 Å². The summed E-state index contributed by atoms with van der Waals surface area (Å²) in [6.07, 6.45) is 2.03. The van der Waals surface area contributed by atoms with E-state index in [1.54, 1.807) is 0 Å². The van der Waals surface area contributed by atoms with Crippen molar-refractivity contribution in [2.24, 2.45) is 0 Å². The molecule has 6 nitrogen and oxygen atoms in total. The second kappa shape index (κ2) is 9.32. The molecule has 0 aliphatic carbocycles. The van der Waals surface area contributed by atoms with E-state index >= 15 is 0 Å². The Hall–Kier alpha value is -2.94. The number of amides is 1. The smallest absolute Gasteiger partial charge is 0.263 e. The standard InChI is InChI=1S/C22H28N4O2/c1-6-15(3)16-8-10-19(18(12-16)22(4,5)7-2)28-14-21(27)24-20-11-9-17(13-23)25-26-20/h8-12,15H,6-7,14H2,1-5H3,(H,24,26,27). The van der Waals surface area contributed by atoms with Gasteiger partial charge in [-0.1, -0.05) is 46.8 Å². The van der Waals surface area contributed by atoms with Crippen molar-refractivity contribution in [1.82, 2.24) is 10.2 Å². The fourth-order valence-electron chi connectivity index (χ4n) is 2.72. The summed E-state index contributed by atoms with van der Waals surface area (Å²) in [6, 6.07) is 11.2. The summed E-state index contributed by atoms with van der Waals surface area (Å²) in [5.74, 6) is 1.15. The van der Waals surface area contributed by atoms with Gasteiger partial charge in [-0.15, -0.1) is 10.2 Å². The first kappa shape index (κ1) is 21.4. The van der Waals surface area contributed by atoms with Crippen molar-refractivity contribution in [3.8, 4) is 11.8 Å². The van der Waals surface area contributed by atoms with Gasteiger partial charge in [0, 0.05) is 5.56 Å². The normalized spacial score (nSPS) is 12.1. The molecule has 148 valence electrons. The maximum atomic E-state index is 12.2. The predicted molar refractivity (Wildman–Crippen MR) is 109 cm³/mol. The molecule has 28 heavy (non-hydrogen) atoms. The first-order valence-electron chi connectivity index (χ1n) is 9.61. The fourth-order valence-corrected chi connectivity index (χ4v) is 2.72. The molecule has 6 heteroatoms. The van der Waals surface area contributed by atoms with Crippen LogP contribution in [0, 0.1) is 11.3 Å². The van der Waals surface area contributed by atoms with E-state index in [9.17, 15) is 4.79 Å². The SMILES string of the molecule is CCC(C)c1ccc(OCC(=O)Nc2ccc(C#N)nn2)c(C(C)(C)CC)c1. The monoisotopic (exact) mass is 380 g/mol. The Kier molecular flexibility index (Phi) is 7.11. The number of nitrogens with one attached hydrogen (secondary N) is 1. The Morgan fingerprint density at radius 2 is 2.00 bits per heavy atom. The highest BCUT2D eigenvalue weighted by Gasteiger charge is 2.24.